The molecule has 0 saturated heterocycles. The maximum absolute atomic E-state index is 5.44. The summed E-state index contributed by atoms with van der Waals surface area (Å²) in [6.45, 7) is 6.26. The zero-order chi connectivity index (χ0) is 9.78. The molecule has 0 aliphatic heterocycles. The molecule has 0 bridgehead atoms. The number of hydrogen-bond donors (Lipinski definition) is 1. The molecular weight excluding hydrogens is 162 g/mol. The number of ether oxygens (including phenoxy) is 1. The second kappa shape index (κ2) is 11.7. The predicted molar refractivity (Wildman–Crippen MR) is 57.8 cm³/mol. The van der Waals surface area contributed by atoms with Gasteiger partial charge in [0.1, 0.15) is 0 Å². The molecule has 0 saturated carbocycles. The molecule has 2 N–H and O–H groups in total. The summed E-state index contributed by atoms with van der Waals surface area (Å²) in [5, 5.41) is 0. The fraction of sp³-hybridized carbons (Fsp3) is 0.818. The van der Waals surface area contributed by atoms with Crippen LogP contribution < -0.4 is 5.73 Å². The molecule has 78 valence electrons. The Bertz CT molecular complexity index is 104. The quantitative estimate of drug-likeness (QED) is 0.419. The monoisotopic (exact) mass is 185 g/mol. The molecule has 0 unspecified atom stereocenters. The minimum atomic E-state index is 0.820. The van der Waals surface area contributed by atoms with Crippen LogP contribution in [0.5, 0.6) is 0 Å². The molecule has 0 rings (SSSR count). The van der Waals surface area contributed by atoms with Gasteiger partial charge in [-0.05, 0) is 32.2 Å². The van der Waals surface area contributed by atoms with Crippen molar-refractivity contribution in [2.24, 2.45) is 5.73 Å². The summed E-state index contributed by atoms with van der Waals surface area (Å²) in [5.74, 6) is 0. The van der Waals surface area contributed by atoms with Gasteiger partial charge in [0.05, 0.1) is 0 Å². The Balaban J connectivity index is 2.79. The van der Waals surface area contributed by atoms with Crippen LogP contribution in [0.4, 0.5) is 0 Å². The highest BCUT2D eigenvalue weighted by molar-refractivity contribution is 4.64. The molecule has 0 radical (unpaired) electrons. The van der Waals surface area contributed by atoms with Crippen molar-refractivity contribution in [2.45, 2.75) is 38.5 Å². The first-order valence-electron chi connectivity index (χ1n) is 5.30. The van der Waals surface area contributed by atoms with Crippen molar-refractivity contribution in [1.82, 2.24) is 0 Å². The molecule has 0 aliphatic carbocycles. The summed E-state index contributed by atoms with van der Waals surface area (Å²) in [5.41, 5.74) is 5.38. The molecule has 0 amide bonds. The van der Waals surface area contributed by atoms with E-state index in [1.165, 1.54) is 19.3 Å². The lowest BCUT2D eigenvalue weighted by molar-refractivity contribution is 0.128. The Kier molecular flexibility index (Phi) is 11.4. The van der Waals surface area contributed by atoms with E-state index in [1.807, 2.05) is 6.08 Å². The van der Waals surface area contributed by atoms with E-state index < -0.39 is 0 Å². The summed E-state index contributed by atoms with van der Waals surface area (Å²) < 4.78 is 5.44. The predicted octanol–water partition coefficient (Wildman–Crippen LogP) is 2.49. The number of hydrogen-bond acceptors (Lipinski definition) is 2. The summed E-state index contributed by atoms with van der Waals surface area (Å²) in [6, 6.07) is 0. The molecule has 0 aromatic rings. The number of rotatable bonds is 10. The van der Waals surface area contributed by atoms with Crippen LogP contribution in [0.25, 0.3) is 0 Å². The van der Waals surface area contributed by atoms with Gasteiger partial charge in [0.15, 0.2) is 0 Å². The van der Waals surface area contributed by atoms with Crippen LogP contribution in [-0.4, -0.2) is 19.8 Å². The van der Waals surface area contributed by atoms with Gasteiger partial charge in [-0.1, -0.05) is 18.9 Å². The molecular formula is C11H23NO. The van der Waals surface area contributed by atoms with Crippen LogP contribution in [0.2, 0.25) is 0 Å². The zero-order valence-corrected chi connectivity index (χ0v) is 8.63. The maximum atomic E-state index is 5.44. The van der Waals surface area contributed by atoms with E-state index in [9.17, 15) is 0 Å². The van der Waals surface area contributed by atoms with Crippen LogP contribution in [0.3, 0.4) is 0 Å². The van der Waals surface area contributed by atoms with Crippen LogP contribution in [-0.2, 0) is 4.74 Å². The first-order chi connectivity index (χ1) is 6.41. The first kappa shape index (κ1) is 12.7. The van der Waals surface area contributed by atoms with Crippen molar-refractivity contribution < 1.29 is 4.74 Å². The summed E-state index contributed by atoms with van der Waals surface area (Å²) >= 11 is 0. The highest BCUT2D eigenvalue weighted by atomic mass is 16.5. The van der Waals surface area contributed by atoms with E-state index in [1.54, 1.807) is 0 Å². The molecule has 0 fully saturated rings. The topological polar surface area (TPSA) is 35.2 Å². The fourth-order valence-corrected chi connectivity index (χ4v) is 1.13. The normalized spacial score (nSPS) is 10.2. The average molecular weight is 185 g/mol. The molecule has 0 spiro atoms. The Hall–Kier alpha value is -0.340. The Morgan fingerprint density at radius 1 is 1.00 bits per heavy atom. The molecule has 13 heavy (non-hydrogen) atoms. The third-order valence-corrected chi connectivity index (χ3v) is 1.94. The summed E-state index contributed by atoms with van der Waals surface area (Å²) in [6.07, 6.45) is 8.92. The second-order valence-corrected chi connectivity index (χ2v) is 3.25. The van der Waals surface area contributed by atoms with Crippen molar-refractivity contribution in [3.05, 3.63) is 12.7 Å². The molecule has 2 nitrogen and oxygen atoms in total. The highest BCUT2D eigenvalue weighted by Gasteiger charge is 1.89. The molecule has 0 aliphatic rings. The summed E-state index contributed by atoms with van der Waals surface area (Å²) in [7, 11) is 0. The van der Waals surface area contributed by atoms with Gasteiger partial charge in [-0.3, -0.25) is 0 Å². The molecule has 0 atom stereocenters. The lowest BCUT2D eigenvalue weighted by atomic mass is 10.2. The van der Waals surface area contributed by atoms with E-state index in [2.05, 4.69) is 6.58 Å². The lowest BCUT2D eigenvalue weighted by Gasteiger charge is -2.02. The molecule has 0 aromatic carbocycles. The van der Waals surface area contributed by atoms with E-state index in [0.29, 0.717) is 0 Å². The van der Waals surface area contributed by atoms with Crippen LogP contribution >= 0.6 is 0 Å². The SMILES string of the molecule is C=CCCCOCCCCCCN. The third kappa shape index (κ3) is 11.7. The average Bonchev–Trinajstić information content (AvgIpc) is 2.16. The first-order valence-corrected chi connectivity index (χ1v) is 5.30. The Morgan fingerprint density at radius 2 is 1.69 bits per heavy atom. The van der Waals surface area contributed by atoms with Crippen molar-refractivity contribution in [2.75, 3.05) is 19.8 Å². The summed E-state index contributed by atoms with van der Waals surface area (Å²) in [4.78, 5) is 0. The van der Waals surface area contributed by atoms with Gasteiger partial charge in [0.2, 0.25) is 0 Å². The van der Waals surface area contributed by atoms with E-state index in [4.69, 9.17) is 10.5 Å². The van der Waals surface area contributed by atoms with Gasteiger partial charge < -0.3 is 10.5 Å². The minimum Gasteiger partial charge on any atom is -0.381 e. The largest absolute Gasteiger partial charge is 0.381 e. The van der Waals surface area contributed by atoms with Crippen LogP contribution in [0, 0.1) is 0 Å². The fourth-order valence-electron chi connectivity index (χ4n) is 1.13. The van der Waals surface area contributed by atoms with Crippen molar-refractivity contribution >= 4 is 0 Å². The van der Waals surface area contributed by atoms with Gasteiger partial charge in [-0.2, -0.15) is 0 Å². The lowest BCUT2D eigenvalue weighted by Crippen LogP contribution is -1.99. The molecule has 0 heterocycles. The van der Waals surface area contributed by atoms with Gasteiger partial charge in [-0.25, -0.2) is 0 Å². The number of allylic oxidation sites excluding steroid dienone is 1. The van der Waals surface area contributed by atoms with Crippen molar-refractivity contribution in [3.8, 4) is 0 Å². The van der Waals surface area contributed by atoms with E-state index >= 15 is 0 Å². The van der Waals surface area contributed by atoms with Crippen LogP contribution in [0.1, 0.15) is 38.5 Å². The molecule has 2 heteroatoms. The van der Waals surface area contributed by atoms with Gasteiger partial charge in [0, 0.05) is 13.2 Å². The maximum Gasteiger partial charge on any atom is 0.0468 e. The third-order valence-electron chi connectivity index (χ3n) is 1.94. The van der Waals surface area contributed by atoms with Crippen molar-refractivity contribution in [3.63, 3.8) is 0 Å². The Labute approximate surface area is 82.2 Å². The molecule has 0 aromatic heterocycles. The van der Waals surface area contributed by atoms with E-state index in [0.717, 1.165) is 39.0 Å². The van der Waals surface area contributed by atoms with Crippen molar-refractivity contribution in [1.29, 1.82) is 0 Å². The van der Waals surface area contributed by atoms with Gasteiger partial charge in [-0.15, -0.1) is 6.58 Å². The number of nitrogens with two attached hydrogens (primary N) is 1. The van der Waals surface area contributed by atoms with Gasteiger partial charge in [0.25, 0.3) is 0 Å². The standard InChI is InChI=1S/C11H23NO/c1-2-3-7-10-13-11-8-5-4-6-9-12/h2H,1,3-12H2. The van der Waals surface area contributed by atoms with Crippen LogP contribution in [0.15, 0.2) is 12.7 Å². The van der Waals surface area contributed by atoms with E-state index in [-0.39, 0.29) is 0 Å². The smallest absolute Gasteiger partial charge is 0.0468 e. The van der Waals surface area contributed by atoms with Gasteiger partial charge >= 0.3 is 0 Å². The highest BCUT2D eigenvalue weighted by Crippen LogP contribution is 1.99. The Morgan fingerprint density at radius 3 is 2.38 bits per heavy atom. The second-order valence-electron chi connectivity index (χ2n) is 3.25. The zero-order valence-electron chi connectivity index (χ0n) is 8.63. The number of unbranched alkanes of at least 4 members (excludes halogenated alkanes) is 4. The minimum absolute atomic E-state index is 0.820.